The van der Waals surface area contributed by atoms with Gasteiger partial charge in [0.05, 0.1) is 5.52 Å². The molecule has 0 aliphatic heterocycles. The van der Waals surface area contributed by atoms with E-state index < -0.39 is 0 Å². The molecule has 3 rings (SSSR count). The van der Waals surface area contributed by atoms with Gasteiger partial charge >= 0.3 is 5.76 Å². The van der Waals surface area contributed by atoms with Crippen LogP contribution in [-0.4, -0.2) is 28.5 Å². The van der Waals surface area contributed by atoms with E-state index in [1.54, 1.807) is 10.6 Å². The summed E-state index contributed by atoms with van der Waals surface area (Å²) in [4.78, 5) is 26.6. The molecule has 6 nitrogen and oxygen atoms in total. The lowest BCUT2D eigenvalue weighted by atomic mass is 10.1. The molecule has 1 aromatic heterocycles. The fourth-order valence-electron chi connectivity index (χ4n) is 3.30. The maximum Gasteiger partial charge on any atom is 0.419 e. The van der Waals surface area contributed by atoms with Gasteiger partial charge in [0.1, 0.15) is 0 Å². The van der Waals surface area contributed by atoms with Crippen molar-refractivity contribution in [1.82, 2.24) is 9.47 Å². The van der Waals surface area contributed by atoms with Crippen LogP contribution in [0.2, 0.25) is 0 Å². The SMILES string of the molecule is CCN(CC)Cc1cccc(NC(=O)CCCn2c(=O)oc3ccccc32)c1. The maximum atomic E-state index is 12.3. The standard InChI is InChI=1S/C22H27N3O3/c1-3-24(4-2)16-17-9-7-10-18(15-17)23-21(26)13-8-14-25-19-11-5-6-12-20(19)28-22(25)27/h5-7,9-12,15H,3-4,8,13-14,16H2,1-2H3,(H,23,26). The number of benzene rings is 2. The highest BCUT2D eigenvalue weighted by Crippen LogP contribution is 2.15. The van der Waals surface area contributed by atoms with Crippen LogP contribution in [0, 0.1) is 0 Å². The van der Waals surface area contributed by atoms with E-state index in [2.05, 4.69) is 30.1 Å². The van der Waals surface area contributed by atoms with Gasteiger partial charge in [-0.3, -0.25) is 14.3 Å². The van der Waals surface area contributed by atoms with Gasteiger partial charge in [0, 0.05) is 25.2 Å². The van der Waals surface area contributed by atoms with Crippen molar-refractivity contribution in [3.63, 3.8) is 0 Å². The van der Waals surface area contributed by atoms with Crippen molar-refractivity contribution in [2.75, 3.05) is 18.4 Å². The Morgan fingerprint density at radius 2 is 1.89 bits per heavy atom. The third-order valence-corrected chi connectivity index (χ3v) is 4.87. The quantitative estimate of drug-likeness (QED) is 0.611. The minimum Gasteiger partial charge on any atom is -0.408 e. The molecule has 6 heteroatoms. The van der Waals surface area contributed by atoms with Crippen molar-refractivity contribution in [2.24, 2.45) is 0 Å². The summed E-state index contributed by atoms with van der Waals surface area (Å²) in [5.41, 5.74) is 3.32. The van der Waals surface area contributed by atoms with Crippen molar-refractivity contribution >= 4 is 22.7 Å². The van der Waals surface area contributed by atoms with Crippen molar-refractivity contribution in [3.05, 3.63) is 64.6 Å². The summed E-state index contributed by atoms with van der Waals surface area (Å²) >= 11 is 0. The van der Waals surface area contributed by atoms with Gasteiger partial charge in [0.25, 0.3) is 0 Å². The van der Waals surface area contributed by atoms with Gasteiger partial charge in [-0.1, -0.05) is 38.1 Å². The van der Waals surface area contributed by atoms with Crippen LogP contribution in [0.3, 0.4) is 0 Å². The topological polar surface area (TPSA) is 67.5 Å². The Morgan fingerprint density at radius 3 is 2.68 bits per heavy atom. The number of amides is 1. The first-order valence-electron chi connectivity index (χ1n) is 9.80. The summed E-state index contributed by atoms with van der Waals surface area (Å²) in [6.45, 7) is 7.59. The summed E-state index contributed by atoms with van der Waals surface area (Å²) in [5.74, 6) is -0.438. The van der Waals surface area contributed by atoms with Crippen LogP contribution < -0.4 is 11.1 Å². The monoisotopic (exact) mass is 381 g/mol. The summed E-state index contributed by atoms with van der Waals surface area (Å²) in [6, 6.07) is 15.3. The zero-order valence-corrected chi connectivity index (χ0v) is 16.5. The Bertz CT molecular complexity index is 986. The average Bonchev–Trinajstić information content (AvgIpc) is 3.02. The Hall–Kier alpha value is -2.86. The molecule has 0 atom stereocenters. The molecule has 1 heterocycles. The van der Waals surface area contributed by atoms with Gasteiger partial charge < -0.3 is 9.73 Å². The van der Waals surface area contributed by atoms with Gasteiger partial charge in [0.2, 0.25) is 5.91 Å². The number of para-hydroxylation sites is 2. The zero-order chi connectivity index (χ0) is 19.9. The number of carbonyl (C=O) groups is 1. The fourth-order valence-corrected chi connectivity index (χ4v) is 3.30. The largest absolute Gasteiger partial charge is 0.419 e. The summed E-state index contributed by atoms with van der Waals surface area (Å²) in [6.07, 6.45) is 0.903. The maximum absolute atomic E-state index is 12.3. The molecule has 0 bridgehead atoms. The summed E-state index contributed by atoms with van der Waals surface area (Å²) in [5, 5.41) is 2.96. The lowest BCUT2D eigenvalue weighted by Crippen LogP contribution is -2.22. The number of hydrogen-bond acceptors (Lipinski definition) is 4. The summed E-state index contributed by atoms with van der Waals surface area (Å²) < 4.78 is 6.80. The first-order valence-corrected chi connectivity index (χ1v) is 9.80. The molecule has 0 saturated heterocycles. The fraction of sp³-hybridized carbons (Fsp3) is 0.364. The molecule has 0 aliphatic rings. The summed E-state index contributed by atoms with van der Waals surface area (Å²) in [7, 11) is 0. The average molecular weight is 381 g/mol. The highest BCUT2D eigenvalue weighted by Gasteiger charge is 2.10. The molecule has 1 amide bonds. The highest BCUT2D eigenvalue weighted by atomic mass is 16.4. The molecule has 1 N–H and O–H groups in total. The third kappa shape index (κ3) is 4.89. The number of nitrogens with zero attached hydrogens (tertiary/aromatic N) is 2. The molecule has 0 unspecified atom stereocenters. The van der Waals surface area contributed by atoms with Crippen LogP contribution in [0.1, 0.15) is 32.3 Å². The second-order valence-electron chi connectivity index (χ2n) is 6.80. The Kier molecular flexibility index (Phi) is 6.66. The van der Waals surface area contributed by atoms with E-state index in [0.717, 1.165) is 30.8 Å². The van der Waals surface area contributed by atoms with Crippen LogP contribution in [0.15, 0.2) is 57.7 Å². The lowest BCUT2D eigenvalue weighted by Gasteiger charge is -2.18. The minimum atomic E-state index is -0.384. The molecule has 0 spiro atoms. The molecule has 0 saturated carbocycles. The molecule has 2 aromatic carbocycles. The predicted molar refractivity (Wildman–Crippen MR) is 111 cm³/mol. The zero-order valence-electron chi connectivity index (χ0n) is 16.5. The Labute approximate surface area is 164 Å². The van der Waals surface area contributed by atoms with Gasteiger partial charge in [0.15, 0.2) is 5.58 Å². The predicted octanol–water partition coefficient (Wildman–Crippen LogP) is 3.86. The molecule has 3 aromatic rings. The van der Waals surface area contributed by atoms with Crippen LogP contribution in [0.25, 0.3) is 11.1 Å². The van der Waals surface area contributed by atoms with Gasteiger partial charge in [-0.15, -0.1) is 0 Å². The normalized spacial score (nSPS) is 11.2. The number of fused-ring (bicyclic) bond motifs is 1. The van der Waals surface area contributed by atoms with Gasteiger partial charge in [-0.2, -0.15) is 0 Å². The van der Waals surface area contributed by atoms with E-state index in [4.69, 9.17) is 4.42 Å². The lowest BCUT2D eigenvalue weighted by molar-refractivity contribution is -0.116. The third-order valence-electron chi connectivity index (χ3n) is 4.87. The van der Waals surface area contributed by atoms with Crippen LogP contribution >= 0.6 is 0 Å². The number of hydrogen-bond donors (Lipinski definition) is 1. The number of nitrogens with one attached hydrogen (secondary N) is 1. The van der Waals surface area contributed by atoms with Crippen molar-refractivity contribution in [1.29, 1.82) is 0 Å². The Morgan fingerprint density at radius 1 is 1.11 bits per heavy atom. The first-order chi connectivity index (χ1) is 13.6. The second kappa shape index (κ2) is 9.37. The van der Waals surface area contributed by atoms with E-state index in [1.165, 1.54) is 5.56 Å². The first kappa shape index (κ1) is 19.9. The van der Waals surface area contributed by atoms with Crippen LogP contribution in [0.5, 0.6) is 0 Å². The van der Waals surface area contributed by atoms with Gasteiger partial charge in [-0.25, -0.2) is 4.79 Å². The number of oxazole rings is 1. The molecule has 0 fully saturated rings. The molecular weight excluding hydrogens is 354 g/mol. The number of rotatable bonds is 9. The van der Waals surface area contributed by atoms with Crippen LogP contribution in [0.4, 0.5) is 5.69 Å². The second-order valence-corrected chi connectivity index (χ2v) is 6.80. The minimum absolute atomic E-state index is 0.0548. The molecule has 148 valence electrons. The number of aryl methyl sites for hydroxylation is 1. The Balaban J connectivity index is 1.54. The van der Waals surface area contributed by atoms with E-state index in [9.17, 15) is 9.59 Å². The highest BCUT2D eigenvalue weighted by molar-refractivity contribution is 5.90. The smallest absolute Gasteiger partial charge is 0.408 e. The molecule has 28 heavy (non-hydrogen) atoms. The molecule has 0 aliphatic carbocycles. The van der Waals surface area contributed by atoms with E-state index in [0.29, 0.717) is 25.0 Å². The van der Waals surface area contributed by atoms with Crippen LogP contribution in [-0.2, 0) is 17.9 Å². The number of anilines is 1. The van der Waals surface area contributed by atoms with Gasteiger partial charge in [-0.05, 0) is 49.3 Å². The molecular formula is C22H27N3O3. The van der Waals surface area contributed by atoms with Crippen molar-refractivity contribution < 1.29 is 9.21 Å². The molecule has 0 radical (unpaired) electrons. The van der Waals surface area contributed by atoms with E-state index in [-0.39, 0.29) is 11.7 Å². The number of aromatic nitrogens is 1. The number of carbonyl (C=O) groups excluding carboxylic acids is 1. The van der Waals surface area contributed by atoms with Crippen molar-refractivity contribution in [2.45, 2.75) is 39.8 Å². The van der Waals surface area contributed by atoms with E-state index in [1.807, 2.05) is 36.4 Å². The van der Waals surface area contributed by atoms with Crippen molar-refractivity contribution in [3.8, 4) is 0 Å². The van der Waals surface area contributed by atoms with E-state index >= 15 is 0 Å².